The lowest BCUT2D eigenvalue weighted by atomic mass is 10.1. The van der Waals surface area contributed by atoms with Gasteiger partial charge in [0.1, 0.15) is 0 Å². The molecule has 0 bridgehead atoms. The van der Waals surface area contributed by atoms with Gasteiger partial charge >= 0.3 is 6.18 Å². The zero-order chi connectivity index (χ0) is 14.8. The van der Waals surface area contributed by atoms with Gasteiger partial charge in [-0.25, -0.2) is 0 Å². The molecule has 0 spiro atoms. The highest BCUT2D eigenvalue weighted by Crippen LogP contribution is 2.34. The summed E-state index contributed by atoms with van der Waals surface area (Å²) in [5, 5.41) is 15.0. The maximum atomic E-state index is 12.7. The zero-order valence-corrected chi connectivity index (χ0v) is 9.90. The summed E-state index contributed by atoms with van der Waals surface area (Å²) >= 11 is 0. The second kappa shape index (κ2) is 5.15. The molecular weight excluding hydrogens is 277 g/mol. The van der Waals surface area contributed by atoms with E-state index in [0.29, 0.717) is 0 Å². The molecule has 0 unspecified atom stereocenters. The second-order valence-electron chi connectivity index (χ2n) is 3.78. The Morgan fingerprint density at radius 3 is 2.75 bits per heavy atom. The van der Waals surface area contributed by atoms with Gasteiger partial charge in [-0.2, -0.15) is 18.4 Å². The van der Waals surface area contributed by atoms with E-state index < -0.39 is 23.3 Å². The van der Waals surface area contributed by atoms with Crippen LogP contribution in [0.15, 0.2) is 18.2 Å². The minimum atomic E-state index is -4.62. The van der Waals surface area contributed by atoms with Gasteiger partial charge in [-0.1, -0.05) is 11.3 Å². The first-order valence-corrected chi connectivity index (χ1v) is 5.36. The first-order valence-electron chi connectivity index (χ1n) is 5.36. The molecule has 0 aliphatic heterocycles. The van der Waals surface area contributed by atoms with Crippen molar-refractivity contribution >= 4 is 11.6 Å². The number of alkyl halides is 3. The van der Waals surface area contributed by atoms with E-state index in [1.807, 2.05) is 0 Å². The summed E-state index contributed by atoms with van der Waals surface area (Å²) in [4.78, 5) is 11.8. The maximum Gasteiger partial charge on any atom is 0.418 e. The fourth-order valence-corrected chi connectivity index (χ4v) is 1.52. The third-order valence-corrected chi connectivity index (χ3v) is 2.45. The van der Waals surface area contributed by atoms with Crippen LogP contribution in [0.3, 0.4) is 0 Å². The monoisotopic (exact) mass is 286 g/mol. The van der Waals surface area contributed by atoms with Gasteiger partial charge in [0.05, 0.1) is 23.4 Å². The summed E-state index contributed by atoms with van der Waals surface area (Å²) in [6, 6.07) is 3.13. The number of H-pyrrole nitrogens is 1. The Morgan fingerprint density at radius 2 is 2.15 bits per heavy atom. The molecule has 7 nitrogen and oxygen atoms in total. The number of rotatable bonds is 3. The molecule has 106 valence electrons. The van der Waals surface area contributed by atoms with E-state index in [4.69, 9.17) is 5.73 Å². The van der Waals surface area contributed by atoms with Gasteiger partial charge in [-0.15, -0.1) is 10.2 Å². The molecule has 0 fully saturated rings. The van der Waals surface area contributed by atoms with Crippen LogP contribution in [0, 0.1) is 0 Å². The molecule has 1 amide bonds. The minimum Gasteiger partial charge on any atom is -0.398 e. The van der Waals surface area contributed by atoms with Crippen LogP contribution in [0.4, 0.5) is 18.9 Å². The molecule has 4 N–H and O–H groups in total. The molecular formula is C10H9F3N6O. The molecule has 1 aromatic heterocycles. The molecule has 0 radical (unpaired) electrons. The minimum absolute atomic E-state index is 0.0784. The Morgan fingerprint density at radius 1 is 1.40 bits per heavy atom. The molecule has 0 aliphatic rings. The summed E-state index contributed by atoms with van der Waals surface area (Å²) in [7, 11) is 0. The Balaban J connectivity index is 2.18. The summed E-state index contributed by atoms with van der Waals surface area (Å²) in [6.45, 7) is -0.0784. The molecule has 0 atom stereocenters. The molecule has 20 heavy (non-hydrogen) atoms. The molecule has 10 heteroatoms. The lowest BCUT2D eigenvalue weighted by Gasteiger charge is -2.13. The van der Waals surface area contributed by atoms with Crippen molar-refractivity contribution in [3.63, 3.8) is 0 Å². The van der Waals surface area contributed by atoms with Gasteiger partial charge in [-0.05, 0) is 12.1 Å². The average Bonchev–Trinajstić information content (AvgIpc) is 2.88. The number of carbonyl (C=O) groups is 1. The average molecular weight is 286 g/mol. The first-order chi connectivity index (χ1) is 9.39. The highest BCUT2D eigenvalue weighted by atomic mass is 19.4. The number of halogens is 3. The number of tetrazole rings is 1. The maximum absolute atomic E-state index is 12.7. The zero-order valence-electron chi connectivity index (χ0n) is 9.90. The van der Waals surface area contributed by atoms with Crippen molar-refractivity contribution < 1.29 is 18.0 Å². The fraction of sp³-hybridized carbons (Fsp3) is 0.200. The fourth-order valence-electron chi connectivity index (χ4n) is 1.52. The van der Waals surface area contributed by atoms with Crippen molar-refractivity contribution in [2.45, 2.75) is 12.7 Å². The molecule has 0 saturated carbocycles. The third-order valence-electron chi connectivity index (χ3n) is 2.45. The van der Waals surface area contributed by atoms with Crippen LogP contribution in [0.1, 0.15) is 21.7 Å². The predicted octanol–water partition coefficient (Wildman–Crippen LogP) is 0.731. The number of nitrogen functional groups attached to an aromatic ring is 1. The standard InChI is InChI=1S/C10H9F3N6O/c11-10(12,13)6-3-1-2-5(8(6)14)9(20)15-4-7-16-18-19-17-7/h1-3H,4,14H2,(H,15,20)(H,16,17,18,19). The Labute approximate surface area is 110 Å². The summed E-state index contributed by atoms with van der Waals surface area (Å²) < 4.78 is 38.0. The van der Waals surface area contributed by atoms with Gasteiger partial charge in [0.2, 0.25) is 0 Å². The molecule has 0 saturated heterocycles. The number of benzene rings is 1. The summed E-state index contributed by atoms with van der Waals surface area (Å²) in [6.07, 6.45) is -4.62. The van der Waals surface area contributed by atoms with Gasteiger partial charge in [0, 0.05) is 0 Å². The number of para-hydroxylation sites is 1. The number of hydrogen-bond acceptors (Lipinski definition) is 5. The van der Waals surface area contributed by atoms with Crippen molar-refractivity contribution in [3.05, 3.63) is 35.2 Å². The molecule has 2 rings (SSSR count). The van der Waals surface area contributed by atoms with E-state index in [2.05, 4.69) is 25.9 Å². The van der Waals surface area contributed by atoms with Crippen molar-refractivity contribution in [1.29, 1.82) is 0 Å². The quantitative estimate of drug-likeness (QED) is 0.721. The second-order valence-corrected chi connectivity index (χ2v) is 3.78. The van der Waals surface area contributed by atoms with Crippen molar-refractivity contribution in [3.8, 4) is 0 Å². The molecule has 2 aromatic rings. The lowest BCUT2D eigenvalue weighted by molar-refractivity contribution is -0.136. The van der Waals surface area contributed by atoms with E-state index in [-0.39, 0.29) is 17.9 Å². The summed E-state index contributed by atoms with van der Waals surface area (Å²) in [5.41, 5.74) is 3.46. The SMILES string of the molecule is Nc1c(C(=O)NCc2nn[nH]n2)cccc1C(F)(F)F. The van der Waals surface area contributed by atoms with Gasteiger partial charge in [0.15, 0.2) is 5.82 Å². The van der Waals surface area contributed by atoms with E-state index >= 15 is 0 Å². The van der Waals surface area contributed by atoms with Gasteiger partial charge < -0.3 is 11.1 Å². The van der Waals surface area contributed by atoms with Crippen LogP contribution in [0.25, 0.3) is 0 Å². The third kappa shape index (κ3) is 2.84. The molecule has 0 aliphatic carbocycles. The van der Waals surface area contributed by atoms with Crippen LogP contribution in [-0.2, 0) is 12.7 Å². The smallest absolute Gasteiger partial charge is 0.398 e. The first kappa shape index (κ1) is 13.8. The number of aromatic amines is 1. The van der Waals surface area contributed by atoms with Crippen LogP contribution in [-0.4, -0.2) is 26.5 Å². The Hall–Kier alpha value is -2.65. The van der Waals surface area contributed by atoms with Crippen molar-refractivity contribution in [2.75, 3.05) is 5.73 Å². The van der Waals surface area contributed by atoms with Crippen molar-refractivity contribution in [2.24, 2.45) is 0 Å². The number of hydrogen-bond donors (Lipinski definition) is 3. The highest BCUT2D eigenvalue weighted by Gasteiger charge is 2.34. The van der Waals surface area contributed by atoms with E-state index in [1.165, 1.54) is 6.07 Å². The number of carbonyl (C=O) groups excluding carboxylic acids is 1. The number of nitrogens with one attached hydrogen (secondary N) is 2. The number of nitrogens with zero attached hydrogens (tertiary/aromatic N) is 3. The van der Waals surface area contributed by atoms with Gasteiger partial charge in [0.25, 0.3) is 5.91 Å². The van der Waals surface area contributed by atoms with Crippen LogP contribution in [0.2, 0.25) is 0 Å². The summed E-state index contributed by atoms with van der Waals surface area (Å²) in [5.74, 6) is -0.553. The van der Waals surface area contributed by atoms with E-state index in [0.717, 1.165) is 12.1 Å². The normalized spacial score (nSPS) is 11.3. The number of nitrogens with two attached hydrogens (primary N) is 1. The highest BCUT2D eigenvalue weighted by molar-refractivity contribution is 5.99. The predicted molar refractivity (Wildman–Crippen MR) is 61.2 cm³/mol. The van der Waals surface area contributed by atoms with Crippen molar-refractivity contribution in [1.82, 2.24) is 25.9 Å². The van der Waals surface area contributed by atoms with Gasteiger partial charge in [-0.3, -0.25) is 4.79 Å². The number of aromatic nitrogens is 4. The number of amides is 1. The molecule has 1 heterocycles. The Bertz CT molecular complexity index is 610. The van der Waals surface area contributed by atoms with E-state index in [1.54, 1.807) is 0 Å². The van der Waals surface area contributed by atoms with Crippen LogP contribution in [0.5, 0.6) is 0 Å². The largest absolute Gasteiger partial charge is 0.418 e. The van der Waals surface area contributed by atoms with Crippen LogP contribution >= 0.6 is 0 Å². The Kier molecular flexibility index (Phi) is 3.55. The lowest BCUT2D eigenvalue weighted by Crippen LogP contribution is -2.25. The van der Waals surface area contributed by atoms with E-state index in [9.17, 15) is 18.0 Å². The van der Waals surface area contributed by atoms with Crippen LogP contribution < -0.4 is 11.1 Å². The molecule has 1 aromatic carbocycles. The topological polar surface area (TPSA) is 110 Å². The number of anilines is 1.